The lowest BCUT2D eigenvalue weighted by Gasteiger charge is -2.30. The number of carboxylic acid groups (broad SMARTS) is 1. The van der Waals surface area contributed by atoms with Crippen LogP contribution in [0.1, 0.15) is 24.2 Å². The van der Waals surface area contributed by atoms with Crippen LogP contribution in [0, 0.1) is 5.92 Å². The zero-order valence-electron chi connectivity index (χ0n) is 11.4. The van der Waals surface area contributed by atoms with Gasteiger partial charge in [0.15, 0.2) is 0 Å². The third-order valence-corrected chi connectivity index (χ3v) is 5.31. The lowest BCUT2D eigenvalue weighted by Crippen LogP contribution is -2.47. The largest absolute Gasteiger partial charge is 0.480 e. The van der Waals surface area contributed by atoms with Gasteiger partial charge in [0.1, 0.15) is 11.2 Å². The van der Waals surface area contributed by atoms with Crippen molar-refractivity contribution in [2.45, 2.75) is 25.3 Å². The predicted octanol–water partition coefficient (Wildman–Crippen LogP) is 3.01. The van der Waals surface area contributed by atoms with E-state index in [1.165, 1.54) is 28.9 Å². The molecule has 1 aliphatic rings. The van der Waals surface area contributed by atoms with Crippen LogP contribution in [0.2, 0.25) is 10.2 Å². The molecule has 2 unspecified atom stereocenters. The summed E-state index contributed by atoms with van der Waals surface area (Å²) in [6, 6.07) is 0.504. The summed E-state index contributed by atoms with van der Waals surface area (Å²) in [4.78, 5) is 29.3. The number of aromatic nitrogens is 1. The maximum atomic E-state index is 12.7. The minimum absolute atomic E-state index is 0.124. The molecule has 0 bridgehead atoms. The van der Waals surface area contributed by atoms with E-state index in [4.69, 9.17) is 23.2 Å². The fourth-order valence-corrected chi connectivity index (χ4v) is 4.02. The Morgan fingerprint density at radius 2 is 2.14 bits per heavy atom. The van der Waals surface area contributed by atoms with Crippen molar-refractivity contribution in [1.82, 2.24) is 9.88 Å². The third-order valence-electron chi connectivity index (χ3n) is 3.18. The van der Waals surface area contributed by atoms with E-state index in [2.05, 4.69) is 4.98 Å². The quantitative estimate of drug-likeness (QED) is 0.850. The van der Waals surface area contributed by atoms with Crippen LogP contribution in [0.5, 0.6) is 0 Å². The molecule has 5 nitrogen and oxygen atoms in total. The first-order valence-electron chi connectivity index (χ1n) is 6.31. The molecule has 2 heterocycles. The number of carbonyl (C=O) groups is 2. The topological polar surface area (TPSA) is 70.5 Å². The van der Waals surface area contributed by atoms with Gasteiger partial charge < -0.3 is 10.0 Å². The zero-order valence-corrected chi connectivity index (χ0v) is 13.7. The predicted molar refractivity (Wildman–Crippen MR) is 82.9 cm³/mol. The molecule has 0 aromatic carbocycles. The van der Waals surface area contributed by atoms with Crippen molar-refractivity contribution in [3.63, 3.8) is 0 Å². The molecular weight excluding hydrogens is 335 g/mol. The summed E-state index contributed by atoms with van der Waals surface area (Å²) in [6.07, 6.45) is 1.29. The molecule has 0 spiro atoms. The van der Waals surface area contributed by atoms with Crippen LogP contribution in [0.4, 0.5) is 0 Å². The summed E-state index contributed by atoms with van der Waals surface area (Å²) in [6.45, 7) is 3.90. The van der Waals surface area contributed by atoms with Gasteiger partial charge in [-0.2, -0.15) is 0 Å². The Labute approximate surface area is 136 Å². The summed E-state index contributed by atoms with van der Waals surface area (Å²) in [5.41, 5.74) is 0.177. The second-order valence-corrected chi connectivity index (χ2v) is 6.97. The molecule has 2 atom stereocenters. The number of amides is 1. The Balaban J connectivity index is 2.41. The Morgan fingerprint density at radius 3 is 2.71 bits per heavy atom. The highest BCUT2D eigenvalue weighted by Gasteiger charge is 2.43. The Morgan fingerprint density at radius 1 is 1.48 bits per heavy atom. The van der Waals surface area contributed by atoms with E-state index in [9.17, 15) is 14.7 Å². The second kappa shape index (κ2) is 6.42. The summed E-state index contributed by atoms with van der Waals surface area (Å²) in [5, 5.41) is 9.42. The van der Waals surface area contributed by atoms with E-state index in [1.807, 2.05) is 13.8 Å². The van der Waals surface area contributed by atoms with Crippen LogP contribution in [-0.2, 0) is 4.79 Å². The van der Waals surface area contributed by atoms with Crippen molar-refractivity contribution in [1.29, 1.82) is 0 Å². The second-order valence-electron chi connectivity index (χ2n) is 5.02. The van der Waals surface area contributed by atoms with Crippen LogP contribution < -0.4 is 0 Å². The van der Waals surface area contributed by atoms with Gasteiger partial charge in [0.05, 0.1) is 16.0 Å². The number of hydrogen-bond donors (Lipinski definition) is 1. The maximum Gasteiger partial charge on any atom is 0.327 e. The fourth-order valence-electron chi connectivity index (χ4n) is 2.20. The highest BCUT2D eigenvalue weighted by Crippen LogP contribution is 2.36. The van der Waals surface area contributed by atoms with E-state index in [-0.39, 0.29) is 27.0 Å². The molecular formula is C13H14Cl2N2O3S. The van der Waals surface area contributed by atoms with Gasteiger partial charge in [0.25, 0.3) is 5.91 Å². The Kier molecular flexibility index (Phi) is 5.01. The number of halogens is 2. The minimum atomic E-state index is -1.02. The van der Waals surface area contributed by atoms with Gasteiger partial charge >= 0.3 is 5.97 Å². The highest BCUT2D eigenvalue weighted by molar-refractivity contribution is 8.00. The molecule has 1 saturated heterocycles. The highest BCUT2D eigenvalue weighted by atomic mass is 35.5. The normalized spacial score (nSPS) is 21.9. The summed E-state index contributed by atoms with van der Waals surface area (Å²) < 4.78 is 0. The molecule has 1 aromatic heterocycles. The van der Waals surface area contributed by atoms with Crippen LogP contribution in [-0.4, -0.2) is 44.0 Å². The number of aliphatic carboxylic acids is 1. The van der Waals surface area contributed by atoms with Crippen molar-refractivity contribution >= 4 is 46.8 Å². The van der Waals surface area contributed by atoms with E-state index < -0.39 is 17.9 Å². The monoisotopic (exact) mass is 348 g/mol. The maximum absolute atomic E-state index is 12.7. The van der Waals surface area contributed by atoms with E-state index in [0.29, 0.717) is 5.75 Å². The Hall–Kier alpha value is -0.980. The third kappa shape index (κ3) is 3.27. The molecule has 0 aliphatic carbocycles. The molecule has 8 heteroatoms. The van der Waals surface area contributed by atoms with Gasteiger partial charge in [-0.05, 0) is 12.0 Å². The molecule has 1 aromatic rings. The average molecular weight is 349 g/mol. The molecule has 1 N–H and O–H groups in total. The molecule has 21 heavy (non-hydrogen) atoms. The summed E-state index contributed by atoms with van der Waals surface area (Å²) in [7, 11) is 0. The fraction of sp³-hybridized carbons (Fsp3) is 0.462. The smallest absolute Gasteiger partial charge is 0.327 e. The van der Waals surface area contributed by atoms with Crippen molar-refractivity contribution in [2.24, 2.45) is 5.92 Å². The standard InChI is InChI=1S/C13H14Cl2N2O3S/c1-6(2)12-17(9(5-21-12)13(19)20)11(18)7-3-10(15)16-4-8(7)14/h3-4,6,9,12H,5H2,1-2H3,(H,19,20). The molecule has 0 saturated carbocycles. The van der Waals surface area contributed by atoms with Crippen molar-refractivity contribution in [3.05, 3.63) is 28.0 Å². The van der Waals surface area contributed by atoms with Crippen LogP contribution in [0.25, 0.3) is 0 Å². The van der Waals surface area contributed by atoms with Gasteiger partial charge in [0, 0.05) is 11.9 Å². The van der Waals surface area contributed by atoms with Gasteiger partial charge in [-0.25, -0.2) is 9.78 Å². The van der Waals surface area contributed by atoms with Gasteiger partial charge in [0.2, 0.25) is 0 Å². The molecule has 1 amide bonds. The number of hydrogen-bond acceptors (Lipinski definition) is 4. The first-order chi connectivity index (χ1) is 9.82. The molecule has 1 aliphatic heterocycles. The minimum Gasteiger partial charge on any atom is -0.480 e. The van der Waals surface area contributed by atoms with Crippen LogP contribution in [0.15, 0.2) is 12.3 Å². The molecule has 0 radical (unpaired) electrons. The number of nitrogens with zero attached hydrogens (tertiary/aromatic N) is 2. The Bertz CT molecular complexity index is 583. The number of carbonyl (C=O) groups excluding carboxylic acids is 1. The summed E-state index contributed by atoms with van der Waals surface area (Å²) >= 11 is 13.3. The van der Waals surface area contributed by atoms with E-state index in [0.717, 1.165) is 0 Å². The molecule has 114 valence electrons. The zero-order chi connectivity index (χ0) is 15.7. The lowest BCUT2D eigenvalue weighted by molar-refractivity contribution is -0.141. The number of thioether (sulfide) groups is 1. The van der Waals surface area contributed by atoms with Crippen molar-refractivity contribution in [3.8, 4) is 0 Å². The first-order valence-corrected chi connectivity index (χ1v) is 8.11. The summed E-state index contributed by atoms with van der Waals surface area (Å²) in [5.74, 6) is -0.963. The van der Waals surface area contributed by atoms with Crippen molar-refractivity contribution < 1.29 is 14.7 Å². The van der Waals surface area contributed by atoms with E-state index >= 15 is 0 Å². The average Bonchev–Trinajstić information content (AvgIpc) is 2.85. The van der Waals surface area contributed by atoms with Gasteiger partial charge in [-0.15, -0.1) is 11.8 Å². The van der Waals surface area contributed by atoms with Crippen LogP contribution in [0.3, 0.4) is 0 Å². The number of carboxylic acids is 1. The SMILES string of the molecule is CC(C)C1SCC(C(=O)O)N1C(=O)c1cc(Cl)ncc1Cl. The number of pyridine rings is 1. The first kappa shape index (κ1) is 16.4. The van der Waals surface area contributed by atoms with Gasteiger partial charge in [-0.1, -0.05) is 37.0 Å². The van der Waals surface area contributed by atoms with Crippen LogP contribution >= 0.6 is 35.0 Å². The number of rotatable bonds is 3. The van der Waals surface area contributed by atoms with Gasteiger partial charge in [-0.3, -0.25) is 4.79 Å². The molecule has 1 fully saturated rings. The molecule has 2 rings (SSSR count). The van der Waals surface area contributed by atoms with E-state index in [1.54, 1.807) is 0 Å². The van der Waals surface area contributed by atoms with Crippen molar-refractivity contribution in [2.75, 3.05) is 5.75 Å². The lowest BCUT2D eigenvalue weighted by atomic mass is 10.1.